The lowest BCUT2D eigenvalue weighted by molar-refractivity contribution is 0.267. The van der Waals surface area contributed by atoms with Crippen LogP contribution in [0.5, 0.6) is 11.5 Å². The first-order chi connectivity index (χ1) is 15.3. The van der Waals surface area contributed by atoms with Crippen molar-refractivity contribution >= 4 is 32.2 Å². The van der Waals surface area contributed by atoms with Gasteiger partial charge in [0.15, 0.2) is 11.5 Å². The Morgan fingerprint density at radius 1 is 1.03 bits per heavy atom. The van der Waals surface area contributed by atoms with Gasteiger partial charge in [-0.1, -0.05) is 42.0 Å². The zero-order chi connectivity index (χ0) is 23.1. The molecule has 1 N–H and O–H groups in total. The monoisotopic (exact) mass is 516 g/mol. The number of halogens is 1. The Bertz CT molecular complexity index is 1210. The maximum Gasteiger partial charge on any atom is 0.276 e. The highest BCUT2D eigenvalue weighted by atomic mass is 79.9. The summed E-state index contributed by atoms with van der Waals surface area (Å²) in [6.07, 6.45) is 1.42. The summed E-state index contributed by atoms with van der Waals surface area (Å²) in [5, 5.41) is 3.91. The van der Waals surface area contributed by atoms with Crippen molar-refractivity contribution in [2.75, 3.05) is 6.61 Å². The molecule has 3 aromatic carbocycles. The fourth-order valence-corrected chi connectivity index (χ4v) is 4.29. The summed E-state index contributed by atoms with van der Waals surface area (Å²) >= 11 is 3.53. The van der Waals surface area contributed by atoms with Gasteiger partial charge in [-0.2, -0.15) is 13.5 Å². The minimum Gasteiger partial charge on any atom is -0.490 e. The van der Waals surface area contributed by atoms with E-state index in [1.807, 2.05) is 45.0 Å². The van der Waals surface area contributed by atoms with Gasteiger partial charge in [0.05, 0.1) is 22.2 Å². The smallest absolute Gasteiger partial charge is 0.276 e. The van der Waals surface area contributed by atoms with E-state index >= 15 is 0 Å². The van der Waals surface area contributed by atoms with Crippen molar-refractivity contribution in [3.05, 3.63) is 87.4 Å². The van der Waals surface area contributed by atoms with Gasteiger partial charge in [0.1, 0.15) is 6.61 Å². The number of nitrogens with zero attached hydrogens (tertiary/aromatic N) is 1. The van der Waals surface area contributed by atoms with Crippen LogP contribution in [0.3, 0.4) is 0 Å². The molecular formula is C24H25BrN2O4S. The summed E-state index contributed by atoms with van der Waals surface area (Å²) in [5.41, 5.74) is 3.85. The van der Waals surface area contributed by atoms with Crippen molar-refractivity contribution in [2.24, 2.45) is 5.10 Å². The number of benzene rings is 3. The molecule has 0 aliphatic carbocycles. The van der Waals surface area contributed by atoms with E-state index in [4.69, 9.17) is 9.47 Å². The Balaban J connectivity index is 1.77. The molecular weight excluding hydrogens is 492 g/mol. The van der Waals surface area contributed by atoms with Crippen LogP contribution in [0.4, 0.5) is 0 Å². The molecule has 32 heavy (non-hydrogen) atoms. The molecule has 0 unspecified atom stereocenters. The maximum atomic E-state index is 12.4. The Morgan fingerprint density at radius 3 is 2.44 bits per heavy atom. The van der Waals surface area contributed by atoms with Crippen LogP contribution in [-0.4, -0.2) is 21.2 Å². The van der Waals surface area contributed by atoms with Crippen LogP contribution in [0.2, 0.25) is 0 Å². The first-order valence-corrected chi connectivity index (χ1v) is 12.3. The Morgan fingerprint density at radius 2 is 1.75 bits per heavy atom. The van der Waals surface area contributed by atoms with Gasteiger partial charge in [0.2, 0.25) is 0 Å². The molecule has 0 atom stereocenters. The van der Waals surface area contributed by atoms with Crippen molar-refractivity contribution in [2.45, 2.75) is 32.3 Å². The minimum atomic E-state index is -3.74. The lowest BCUT2D eigenvalue weighted by Gasteiger charge is -2.15. The average molecular weight is 517 g/mol. The van der Waals surface area contributed by atoms with Gasteiger partial charge in [0, 0.05) is 0 Å². The van der Waals surface area contributed by atoms with E-state index in [1.54, 1.807) is 24.3 Å². The lowest BCUT2D eigenvalue weighted by Crippen LogP contribution is -2.18. The molecule has 0 spiro atoms. The Labute approximate surface area is 197 Å². The van der Waals surface area contributed by atoms with Crippen LogP contribution in [0.25, 0.3) is 0 Å². The predicted molar refractivity (Wildman–Crippen MR) is 130 cm³/mol. The SMILES string of the molecule is CCOc1cc(/C=N\NS(=O)(=O)c2ccc(C)cc2)cc(Br)c1OCc1ccccc1C. The highest BCUT2D eigenvalue weighted by Gasteiger charge is 2.14. The topological polar surface area (TPSA) is 77.0 Å². The Hall–Kier alpha value is -2.84. The van der Waals surface area contributed by atoms with Gasteiger partial charge < -0.3 is 9.47 Å². The van der Waals surface area contributed by atoms with E-state index in [1.165, 1.54) is 18.3 Å². The molecule has 0 radical (unpaired) electrons. The van der Waals surface area contributed by atoms with E-state index < -0.39 is 10.0 Å². The van der Waals surface area contributed by atoms with Gasteiger partial charge in [-0.05, 0) is 77.7 Å². The molecule has 0 aromatic heterocycles. The van der Waals surface area contributed by atoms with Crippen LogP contribution in [-0.2, 0) is 16.6 Å². The third-order valence-corrected chi connectivity index (χ3v) is 6.51. The zero-order valence-corrected chi connectivity index (χ0v) is 20.5. The quantitative estimate of drug-likeness (QED) is 0.307. The van der Waals surface area contributed by atoms with Gasteiger partial charge >= 0.3 is 0 Å². The second-order valence-electron chi connectivity index (χ2n) is 7.14. The van der Waals surface area contributed by atoms with Gasteiger partial charge in [0.25, 0.3) is 10.0 Å². The largest absolute Gasteiger partial charge is 0.490 e. The summed E-state index contributed by atoms with van der Waals surface area (Å²) in [6.45, 7) is 6.66. The molecule has 0 fully saturated rings. The summed E-state index contributed by atoms with van der Waals surface area (Å²) in [6, 6.07) is 18.1. The van der Waals surface area contributed by atoms with Crippen LogP contribution in [0, 0.1) is 13.8 Å². The molecule has 168 valence electrons. The number of hydrogen-bond acceptors (Lipinski definition) is 5. The molecule has 3 rings (SSSR count). The van der Waals surface area contributed by atoms with Gasteiger partial charge in [-0.3, -0.25) is 0 Å². The molecule has 0 heterocycles. The second-order valence-corrected chi connectivity index (χ2v) is 9.66. The molecule has 0 aliphatic heterocycles. The lowest BCUT2D eigenvalue weighted by atomic mass is 10.1. The molecule has 6 nitrogen and oxygen atoms in total. The second kappa shape index (κ2) is 10.7. The normalized spacial score (nSPS) is 11.5. The maximum absolute atomic E-state index is 12.4. The summed E-state index contributed by atoms with van der Waals surface area (Å²) in [7, 11) is -3.74. The first kappa shape index (κ1) is 23.8. The van der Waals surface area contributed by atoms with Crippen molar-refractivity contribution in [3.63, 3.8) is 0 Å². The van der Waals surface area contributed by atoms with Crippen LogP contribution >= 0.6 is 15.9 Å². The van der Waals surface area contributed by atoms with E-state index in [2.05, 4.69) is 25.9 Å². The number of sulfonamides is 1. The van der Waals surface area contributed by atoms with E-state index in [9.17, 15) is 8.42 Å². The number of aryl methyl sites for hydroxylation is 2. The van der Waals surface area contributed by atoms with E-state index in [0.29, 0.717) is 34.7 Å². The number of hydrogen-bond donors (Lipinski definition) is 1. The van der Waals surface area contributed by atoms with E-state index in [0.717, 1.165) is 16.7 Å². The number of hydrazone groups is 1. The van der Waals surface area contributed by atoms with E-state index in [-0.39, 0.29) is 4.90 Å². The molecule has 0 aliphatic rings. The Kier molecular flexibility index (Phi) is 7.93. The minimum absolute atomic E-state index is 0.149. The summed E-state index contributed by atoms with van der Waals surface area (Å²) in [4.78, 5) is 2.39. The predicted octanol–water partition coefficient (Wildman–Crippen LogP) is 5.36. The molecule has 0 bridgehead atoms. The average Bonchev–Trinajstić information content (AvgIpc) is 2.75. The van der Waals surface area contributed by atoms with Crippen LogP contribution in [0.15, 0.2) is 75.1 Å². The third-order valence-electron chi connectivity index (χ3n) is 4.68. The van der Waals surface area contributed by atoms with Crippen molar-refractivity contribution in [1.29, 1.82) is 0 Å². The molecule has 0 saturated carbocycles. The standard InChI is InChI=1S/C24H25BrN2O4S/c1-4-30-23-14-19(15-26-27-32(28,29)21-11-9-17(2)10-12-21)13-22(25)24(23)31-16-20-8-6-5-7-18(20)3/h5-15,27H,4,16H2,1-3H3/b26-15-. The number of rotatable bonds is 9. The first-order valence-electron chi connectivity index (χ1n) is 10.1. The summed E-state index contributed by atoms with van der Waals surface area (Å²) in [5.74, 6) is 1.12. The van der Waals surface area contributed by atoms with Crippen molar-refractivity contribution < 1.29 is 17.9 Å². The fraction of sp³-hybridized carbons (Fsp3) is 0.208. The third kappa shape index (κ3) is 6.11. The highest BCUT2D eigenvalue weighted by Crippen LogP contribution is 2.37. The number of nitrogens with one attached hydrogen (secondary N) is 1. The molecule has 8 heteroatoms. The highest BCUT2D eigenvalue weighted by molar-refractivity contribution is 9.10. The molecule has 0 saturated heterocycles. The van der Waals surface area contributed by atoms with Crippen LogP contribution in [0.1, 0.15) is 29.2 Å². The van der Waals surface area contributed by atoms with Crippen molar-refractivity contribution in [1.82, 2.24) is 4.83 Å². The van der Waals surface area contributed by atoms with Crippen molar-refractivity contribution in [3.8, 4) is 11.5 Å². The van der Waals surface area contributed by atoms with Gasteiger partial charge in [-0.25, -0.2) is 4.83 Å². The molecule has 3 aromatic rings. The fourth-order valence-electron chi connectivity index (χ4n) is 2.93. The number of ether oxygens (including phenoxy) is 2. The summed E-state index contributed by atoms with van der Waals surface area (Å²) < 4.78 is 37.3. The van der Waals surface area contributed by atoms with Gasteiger partial charge in [-0.15, -0.1) is 0 Å². The van der Waals surface area contributed by atoms with Crippen LogP contribution < -0.4 is 14.3 Å². The molecule has 0 amide bonds. The zero-order valence-electron chi connectivity index (χ0n) is 18.1.